The number of hydrogen-bond donors (Lipinski definition) is 0. The van der Waals surface area contributed by atoms with Crippen LogP contribution >= 0.6 is 11.3 Å². The Hall–Kier alpha value is -4.06. The maximum absolute atomic E-state index is 13.3. The molecule has 8 nitrogen and oxygen atoms in total. The minimum absolute atomic E-state index is 0.119. The van der Waals surface area contributed by atoms with E-state index in [0.29, 0.717) is 28.1 Å². The largest absolute Gasteiger partial charge is 0.493 e. The van der Waals surface area contributed by atoms with E-state index in [9.17, 15) is 22.8 Å². The van der Waals surface area contributed by atoms with Gasteiger partial charge in [0, 0.05) is 6.54 Å². The van der Waals surface area contributed by atoms with Gasteiger partial charge in [0.25, 0.3) is 5.56 Å². The lowest BCUT2D eigenvalue weighted by Gasteiger charge is -2.11. The molecular weight excluding hydrogens is 509 g/mol. The fraction of sp³-hybridized carbons (Fsp3) is 0.240. The lowest BCUT2D eigenvalue weighted by molar-refractivity contribution is -0.137. The molecule has 0 aliphatic rings. The van der Waals surface area contributed by atoms with Gasteiger partial charge in [0.1, 0.15) is 4.70 Å². The summed E-state index contributed by atoms with van der Waals surface area (Å²) in [6, 6.07) is 11.8. The summed E-state index contributed by atoms with van der Waals surface area (Å²) in [6.07, 6.45) is -4.07. The number of halogens is 3. The van der Waals surface area contributed by atoms with Crippen LogP contribution in [0.25, 0.3) is 16.0 Å². The zero-order valence-electron chi connectivity index (χ0n) is 19.8. The van der Waals surface area contributed by atoms with Gasteiger partial charge < -0.3 is 9.47 Å². The highest BCUT2D eigenvalue weighted by Crippen LogP contribution is 2.30. The monoisotopic (exact) mass is 530 g/mol. The number of thiophene rings is 1. The van der Waals surface area contributed by atoms with Crippen molar-refractivity contribution in [2.45, 2.75) is 25.7 Å². The summed E-state index contributed by atoms with van der Waals surface area (Å²) in [7, 11) is 3.07. The number of aromatic nitrogens is 4. The van der Waals surface area contributed by atoms with Crippen LogP contribution in [0, 0.1) is 0 Å². The molecule has 0 aliphatic heterocycles. The van der Waals surface area contributed by atoms with Crippen LogP contribution in [0.5, 0.6) is 11.5 Å². The van der Waals surface area contributed by atoms with Gasteiger partial charge in [0.05, 0.1) is 31.8 Å². The first-order valence-electron chi connectivity index (χ1n) is 11.2. The number of hydrogen-bond acceptors (Lipinski definition) is 6. The summed E-state index contributed by atoms with van der Waals surface area (Å²) < 4.78 is 54.3. The number of aryl methyl sites for hydroxylation is 2. The normalized spacial score (nSPS) is 11.9. The molecule has 0 bridgehead atoms. The highest BCUT2D eigenvalue weighted by atomic mass is 32.1. The molecule has 0 saturated heterocycles. The summed E-state index contributed by atoms with van der Waals surface area (Å²) in [5, 5.41) is 6.08. The fourth-order valence-corrected chi connectivity index (χ4v) is 5.06. The molecule has 12 heteroatoms. The van der Waals surface area contributed by atoms with Gasteiger partial charge in [0.2, 0.25) is 5.78 Å². The van der Waals surface area contributed by atoms with Gasteiger partial charge in [-0.1, -0.05) is 18.2 Å². The van der Waals surface area contributed by atoms with Gasteiger partial charge in [-0.3, -0.25) is 9.36 Å². The summed E-state index contributed by atoms with van der Waals surface area (Å²) in [5.74, 6) is 1.24. The quantitative estimate of drug-likeness (QED) is 0.315. The molecule has 0 radical (unpaired) electrons. The number of methoxy groups -OCH3 is 2. The van der Waals surface area contributed by atoms with Gasteiger partial charge in [0.15, 0.2) is 11.5 Å². The molecule has 0 spiro atoms. The number of fused-ring (bicyclic) bond motifs is 3. The predicted molar refractivity (Wildman–Crippen MR) is 133 cm³/mol. The van der Waals surface area contributed by atoms with Crippen molar-refractivity contribution in [1.82, 2.24) is 18.7 Å². The highest BCUT2D eigenvalue weighted by Gasteiger charge is 2.30. The first kappa shape index (κ1) is 24.6. The van der Waals surface area contributed by atoms with Crippen molar-refractivity contribution >= 4 is 27.3 Å². The second-order valence-electron chi connectivity index (χ2n) is 8.30. The highest BCUT2D eigenvalue weighted by molar-refractivity contribution is 7.17. The van der Waals surface area contributed by atoms with Crippen LogP contribution in [0.15, 0.2) is 63.5 Å². The fourth-order valence-electron chi connectivity index (χ4n) is 4.23. The molecule has 0 aliphatic carbocycles. The molecule has 192 valence electrons. The molecule has 2 aromatic carbocycles. The average Bonchev–Trinajstić information content (AvgIpc) is 3.48. The van der Waals surface area contributed by atoms with E-state index in [4.69, 9.17) is 9.47 Å². The third-order valence-corrected chi connectivity index (χ3v) is 6.94. The Bertz CT molecular complexity index is 1730. The molecular formula is C25H21F3N4O4S. The SMILES string of the molecule is COc1ccc(CCn2c(=O)c3sccc3n3c(=O)n(Cc4cccc(C(F)(F)F)c4)nc23)cc1OC. The summed E-state index contributed by atoms with van der Waals surface area (Å²) >= 11 is 1.21. The maximum atomic E-state index is 13.3. The Morgan fingerprint density at radius 3 is 2.49 bits per heavy atom. The first-order chi connectivity index (χ1) is 17.7. The van der Waals surface area contributed by atoms with Crippen LogP contribution in [0.1, 0.15) is 16.7 Å². The minimum atomic E-state index is -4.51. The zero-order valence-corrected chi connectivity index (χ0v) is 20.6. The van der Waals surface area contributed by atoms with Crippen LogP contribution in [-0.2, 0) is 25.7 Å². The van der Waals surface area contributed by atoms with Crippen molar-refractivity contribution < 1.29 is 22.6 Å². The number of alkyl halides is 3. The Balaban J connectivity index is 1.57. The van der Waals surface area contributed by atoms with Crippen molar-refractivity contribution in [1.29, 1.82) is 0 Å². The Kier molecular flexibility index (Phi) is 6.28. The molecule has 0 N–H and O–H groups in total. The van der Waals surface area contributed by atoms with Crippen molar-refractivity contribution in [3.8, 4) is 11.5 Å². The lowest BCUT2D eigenvalue weighted by atomic mass is 10.1. The molecule has 5 rings (SSSR count). The van der Waals surface area contributed by atoms with E-state index in [2.05, 4.69) is 5.10 Å². The van der Waals surface area contributed by atoms with Gasteiger partial charge in [-0.25, -0.2) is 13.9 Å². The van der Waals surface area contributed by atoms with Crippen LogP contribution in [0.3, 0.4) is 0 Å². The minimum Gasteiger partial charge on any atom is -0.493 e. The molecule has 37 heavy (non-hydrogen) atoms. The first-order valence-corrected chi connectivity index (χ1v) is 12.1. The van der Waals surface area contributed by atoms with E-state index in [1.54, 1.807) is 17.5 Å². The van der Waals surface area contributed by atoms with Crippen molar-refractivity contribution in [3.63, 3.8) is 0 Å². The number of nitrogens with zero attached hydrogens (tertiary/aromatic N) is 4. The average molecular weight is 531 g/mol. The van der Waals surface area contributed by atoms with E-state index in [1.807, 2.05) is 12.1 Å². The third kappa shape index (κ3) is 4.48. The second-order valence-corrected chi connectivity index (χ2v) is 9.22. The lowest BCUT2D eigenvalue weighted by Crippen LogP contribution is -2.26. The van der Waals surface area contributed by atoms with Gasteiger partial charge >= 0.3 is 11.9 Å². The van der Waals surface area contributed by atoms with Crippen molar-refractivity contribution in [3.05, 3.63) is 91.4 Å². The zero-order chi connectivity index (χ0) is 26.3. The van der Waals surface area contributed by atoms with E-state index in [-0.39, 0.29) is 30.0 Å². The van der Waals surface area contributed by atoms with Crippen LogP contribution < -0.4 is 20.7 Å². The molecule has 3 aromatic heterocycles. The van der Waals surface area contributed by atoms with Gasteiger partial charge in [-0.15, -0.1) is 16.4 Å². The van der Waals surface area contributed by atoms with E-state index < -0.39 is 17.4 Å². The smallest absolute Gasteiger partial charge is 0.416 e. The third-order valence-electron chi connectivity index (χ3n) is 6.05. The molecule has 0 saturated carbocycles. The Labute approximate surface area is 211 Å². The Morgan fingerprint density at radius 1 is 0.973 bits per heavy atom. The summed E-state index contributed by atoms with van der Waals surface area (Å²) in [4.78, 5) is 26.6. The topological polar surface area (TPSA) is 79.8 Å². The Morgan fingerprint density at radius 2 is 1.76 bits per heavy atom. The van der Waals surface area contributed by atoms with Crippen LogP contribution in [0.2, 0.25) is 0 Å². The molecule has 0 atom stereocenters. The predicted octanol–water partition coefficient (Wildman–Crippen LogP) is 4.20. The van der Waals surface area contributed by atoms with E-state index in [0.717, 1.165) is 22.4 Å². The molecule has 5 aromatic rings. The molecule has 3 heterocycles. The standard InChI is InChI=1S/C25H21F3N4O4S/c1-35-19-7-6-15(13-20(19)36-2)8-10-30-22(33)21-18(9-11-37-21)32-23(30)29-31(24(32)34)14-16-4-3-5-17(12-16)25(26,27)28/h3-7,9,11-13H,8,10,14H2,1-2H3. The van der Waals surface area contributed by atoms with Gasteiger partial charge in [-0.05, 0) is 53.3 Å². The number of rotatable bonds is 7. The number of benzene rings is 2. The van der Waals surface area contributed by atoms with Crippen molar-refractivity contribution in [2.24, 2.45) is 0 Å². The van der Waals surface area contributed by atoms with Crippen LogP contribution in [-0.4, -0.2) is 33.0 Å². The second kappa shape index (κ2) is 9.43. The van der Waals surface area contributed by atoms with E-state index in [1.165, 1.54) is 46.7 Å². The van der Waals surface area contributed by atoms with E-state index >= 15 is 0 Å². The molecule has 0 amide bonds. The molecule has 0 unspecified atom stereocenters. The summed E-state index contributed by atoms with van der Waals surface area (Å²) in [6.45, 7) is 0.0333. The van der Waals surface area contributed by atoms with Crippen LogP contribution in [0.4, 0.5) is 13.2 Å². The van der Waals surface area contributed by atoms with Crippen molar-refractivity contribution in [2.75, 3.05) is 14.2 Å². The number of ether oxygens (including phenoxy) is 2. The van der Waals surface area contributed by atoms with Gasteiger partial charge in [-0.2, -0.15) is 13.2 Å². The maximum Gasteiger partial charge on any atom is 0.416 e. The summed E-state index contributed by atoms with van der Waals surface area (Å²) in [5.41, 5.74) is -0.104. The molecule has 0 fully saturated rings.